The van der Waals surface area contributed by atoms with Crippen LogP contribution in [0.2, 0.25) is 0 Å². The van der Waals surface area contributed by atoms with Gasteiger partial charge < -0.3 is 15.2 Å². The van der Waals surface area contributed by atoms with Crippen molar-refractivity contribution in [1.82, 2.24) is 5.32 Å². The van der Waals surface area contributed by atoms with Gasteiger partial charge in [-0.25, -0.2) is 0 Å². The minimum atomic E-state index is 0.416. The van der Waals surface area contributed by atoms with E-state index in [4.69, 9.17) is 4.74 Å². The lowest BCUT2D eigenvalue weighted by Crippen LogP contribution is -2.41. The predicted octanol–water partition coefficient (Wildman–Crippen LogP) is 2.22. The van der Waals surface area contributed by atoms with E-state index in [1.165, 1.54) is 0 Å². The number of hydrogen-bond acceptors (Lipinski definition) is 3. The first kappa shape index (κ1) is 12.4. The van der Waals surface area contributed by atoms with E-state index in [1.54, 1.807) is 0 Å². The number of aromatic hydroxyl groups is 1. The first-order chi connectivity index (χ1) is 8.18. The first-order valence-corrected chi connectivity index (χ1v) is 6.27. The quantitative estimate of drug-likeness (QED) is 0.844. The van der Waals surface area contributed by atoms with Gasteiger partial charge in [0.05, 0.1) is 6.61 Å². The van der Waals surface area contributed by atoms with Crippen molar-refractivity contribution in [3.63, 3.8) is 0 Å². The lowest BCUT2D eigenvalue weighted by molar-refractivity contribution is 0.0386. The molecule has 1 fully saturated rings. The molecule has 1 heterocycles. The van der Waals surface area contributed by atoms with Gasteiger partial charge >= 0.3 is 0 Å². The van der Waals surface area contributed by atoms with Gasteiger partial charge in [0.1, 0.15) is 5.75 Å². The Morgan fingerprint density at radius 2 is 2.29 bits per heavy atom. The fourth-order valence-electron chi connectivity index (χ4n) is 2.29. The number of phenolic OH excluding ortho intramolecular Hbond substituents is 1. The Bertz CT molecular complexity index is 378. The van der Waals surface area contributed by atoms with Crippen LogP contribution in [-0.2, 0) is 11.3 Å². The summed E-state index contributed by atoms with van der Waals surface area (Å²) < 4.78 is 5.42. The number of para-hydroxylation sites is 1. The molecular weight excluding hydrogens is 214 g/mol. The number of hydrogen-bond donors (Lipinski definition) is 2. The summed E-state index contributed by atoms with van der Waals surface area (Å²) in [6, 6.07) is 6.37. The minimum Gasteiger partial charge on any atom is -0.507 e. The SMILES string of the molecule is Cc1cccc(CNC2CCOCC2C)c1O. The summed E-state index contributed by atoms with van der Waals surface area (Å²) in [7, 11) is 0. The molecule has 2 unspecified atom stereocenters. The third-order valence-electron chi connectivity index (χ3n) is 3.52. The van der Waals surface area contributed by atoms with Gasteiger partial charge in [-0.15, -0.1) is 0 Å². The van der Waals surface area contributed by atoms with Crippen LogP contribution in [-0.4, -0.2) is 24.4 Å². The smallest absolute Gasteiger partial charge is 0.122 e. The molecular formula is C14H21NO2. The van der Waals surface area contributed by atoms with Crippen LogP contribution < -0.4 is 5.32 Å². The zero-order valence-electron chi connectivity index (χ0n) is 10.6. The number of benzene rings is 1. The molecule has 0 bridgehead atoms. The van der Waals surface area contributed by atoms with E-state index < -0.39 is 0 Å². The van der Waals surface area contributed by atoms with Crippen molar-refractivity contribution >= 4 is 0 Å². The van der Waals surface area contributed by atoms with E-state index in [9.17, 15) is 5.11 Å². The fraction of sp³-hybridized carbons (Fsp3) is 0.571. The Balaban J connectivity index is 1.95. The van der Waals surface area contributed by atoms with Gasteiger partial charge in [0.15, 0.2) is 0 Å². The van der Waals surface area contributed by atoms with E-state index in [-0.39, 0.29) is 0 Å². The highest BCUT2D eigenvalue weighted by Gasteiger charge is 2.21. The largest absolute Gasteiger partial charge is 0.507 e. The van der Waals surface area contributed by atoms with Gasteiger partial charge in [-0.3, -0.25) is 0 Å². The zero-order valence-corrected chi connectivity index (χ0v) is 10.6. The Morgan fingerprint density at radius 3 is 3.06 bits per heavy atom. The van der Waals surface area contributed by atoms with Crippen molar-refractivity contribution in [2.75, 3.05) is 13.2 Å². The number of ether oxygens (including phenoxy) is 1. The molecule has 94 valence electrons. The van der Waals surface area contributed by atoms with Crippen molar-refractivity contribution < 1.29 is 9.84 Å². The second-order valence-corrected chi connectivity index (χ2v) is 4.91. The summed E-state index contributed by atoms with van der Waals surface area (Å²) in [4.78, 5) is 0. The lowest BCUT2D eigenvalue weighted by atomic mass is 9.97. The Hall–Kier alpha value is -1.06. The molecule has 0 aliphatic carbocycles. The third kappa shape index (κ3) is 2.99. The highest BCUT2D eigenvalue weighted by molar-refractivity contribution is 5.39. The van der Waals surface area contributed by atoms with E-state index >= 15 is 0 Å². The molecule has 2 rings (SSSR count). The molecule has 1 saturated heterocycles. The van der Waals surface area contributed by atoms with Gasteiger partial charge in [-0.1, -0.05) is 25.1 Å². The molecule has 2 atom stereocenters. The van der Waals surface area contributed by atoms with Gasteiger partial charge in [0.25, 0.3) is 0 Å². The molecule has 1 aliphatic heterocycles. The van der Waals surface area contributed by atoms with Crippen molar-refractivity contribution in [3.05, 3.63) is 29.3 Å². The second kappa shape index (κ2) is 5.52. The topological polar surface area (TPSA) is 41.5 Å². The fourth-order valence-corrected chi connectivity index (χ4v) is 2.29. The van der Waals surface area contributed by atoms with Gasteiger partial charge in [0, 0.05) is 24.8 Å². The van der Waals surface area contributed by atoms with Crippen LogP contribution in [0.25, 0.3) is 0 Å². The Labute approximate surface area is 103 Å². The molecule has 3 heteroatoms. The van der Waals surface area contributed by atoms with E-state index in [2.05, 4.69) is 12.2 Å². The predicted molar refractivity (Wildman–Crippen MR) is 68.1 cm³/mol. The second-order valence-electron chi connectivity index (χ2n) is 4.91. The highest BCUT2D eigenvalue weighted by Crippen LogP contribution is 2.22. The summed E-state index contributed by atoms with van der Waals surface area (Å²) in [5, 5.41) is 13.4. The zero-order chi connectivity index (χ0) is 12.3. The number of aryl methyl sites for hydroxylation is 1. The van der Waals surface area contributed by atoms with Crippen molar-refractivity contribution in [2.45, 2.75) is 32.9 Å². The van der Waals surface area contributed by atoms with Crippen LogP contribution in [0.3, 0.4) is 0 Å². The third-order valence-corrected chi connectivity index (χ3v) is 3.52. The number of rotatable bonds is 3. The molecule has 0 aromatic heterocycles. The maximum atomic E-state index is 9.93. The highest BCUT2D eigenvalue weighted by atomic mass is 16.5. The summed E-state index contributed by atoms with van der Waals surface area (Å²) in [6.45, 7) is 6.52. The molecule has 17 heavy (non-hydrogen) atoms. The minimum absolute atomic E-state index is 0.416. The van der Waals surface area contributed by atoms with Crippen LogP contribution in [0.15, 0.2) is 18.2 Å². The summed E-state index contributed by atoms with van der Waals surface area (Å²) in [5.74, 6) is 0.954. The molecule has 0 radical (unpaired) electrons. The molecule has 0 spiro atoms. The monoisotopic (exact) mass is 235 g/mol. The van der Waals surface area contributed by atoms with Crippen LogP contribution in [0.4, 0.5) is 0 Å². The average Bonchev–Trinajstić information content (AvgIpc) is 2.33. The summed E-state index contributed by atoms with van der Waals surface area (Å²) in [6.07, 6.45) is 1.05. The van der Waals surface area contributed by atoms with Crippen LogP contribution >= 0.6 is 0 Å². The van der Waals surface area contributed by atoms with Crippen molar-refractivity contribution in [3.8, 4) is 5.75 Å². The van der Waals surface area contributed by atoms with Crippen LogP contribution in [0.5, 0.6) is 5.75 Å². The molecule has 0 amide bonds. The molecule has 2 N–H and O–H groups in total. The lowest BCUT2D eigenvalue weighted by Gasteiger charge is -2.29. The normalized spacial score (nSPS) is 24.8. The van der Waals surface area contributed by atoms with E-state index in [1.807, 2.05) is 25.1 Å². The summed E-state index contributed by atoms with van der Waals surface area (Å²) >= 11 is 0. The molecule has 1 aromatic rings. The molecule has 1 aliphatic rings. The number of phenols is 1. The van der Waals surface area contributed by atoms with Gasteiger partial charge in [-0.2, -0.15) is 0 Å². The Kier molecular flexibility index (Phi) is 4.02. The van der Waals surface area contributed by atoms with Crippen LogP contribution in [0.1, 0.15) is 24.5 Å². The van der Waals surface area contributed by atoms with E-state index in [0.29, 0.717) is 17.7 Å². The molecule has 3 nitrogen and oxygen atoms in total. The molecule has 1 aromatic carbocycles. The van der Waals surface area contributed by atoms with Crippen molar-refractivity contribution in [1.29, 1.82) is 0 Å². The summed E-state index contributed by atoms with van der Waals surface area (Å²) in [5.41, 5.74) is 1.91. The van der Waals surface area contributed by atoms with E-state index in [0.717, 1.165) is 37.3 Å². The van der Waals surface area contributed by atoms with Crippen LogP contribution in [0, 0.1) is 12.8 Å². The molecule has 0 saturated carbocycles. The maximum Gasteiger partial charge on any atom is 0.122 e. The Morgan fingerprint density at radius 1 is 1.47 bits per heavy atom. The standard InChI is InChI=1S/C14H21NO2/c1-10-4-3-5-12(14(10)16)8-15-13-6-7-17-9-11(13)2/h3-5,11,13,15-16H,6-9H2,1-2H3. The maximum absolute atomic E-state index is 9.93. The van der Waals surface area contributed by atoms with Gasteiger partial charge in [0.2, 0.25) is 0 Å². The number of nitrogens with one attached hydrogen (secondary N) is 1. The van der Waals surface area contributed by atoms with Crippen molar-refractivity contribution in [2.24, 2.45) is 5.92 Å². The van der Waals surface area contributed by atoms with Gasteiger partial charge in [-0.05, 0) is 24.8 Å². The average molecular weight is 235 g/mol. The first-order valence-electron chi connectivity index (χ1n) is 6.27.